The van der Waals surface area contributed by atoms with Crippen molar-refractivity contribution in [3.8, 4) is 11.6 Å². The van der Waals surface area contributed by atoms with Crippen LogP contribution >= 0.6 is 0 Å². The first-order chi connectivity index (χ1) is 13.3. The van der Waals surface area contributed by atoms with Crippen LogP contribution in [0.15, 0.2) is 70.6 Å². The summed E-state index contributed by atoms with van der Waals surface area (Å²) in [6, 6.07) is 11.2. The van der Waals surface area contributed by atoms with E-state index in [4.69, 9.17) is 4.74 Å². The van der Waals surface area contributed by atoms with Crippen LogP contribution in [0.25, 0.3) is 0 Å². The van der Waals surface area contributed by atoms with Crippen LogP contribution in [0.5, 0.6) is 11.6 Å². The molecule has 7 nitrogen and oxygen atoms in total. The largest absolute Gasteiger partial charge is 0.435 e. The van der Waals surface area contributed by atoms with Crippen molar-refractivity contribution in [3.05, 3.63) is 77.1 Å². The molecule has 1 heterocycles. The smallest absolute Gasteiger partial charge is 0.313 e. The highest BCUT2D eigenvalue weighted by molar-refractivity contribution is 7.92. The molecule has 0 fully saturated rings. The van der Waals surface area contributed by atoms with Gasteiger partial charge in [-0.1, -0.05) is 12.1 Å². The van der Waals surface area contributed by atoms with E-state index in [0.29, 0.717) is 18.0 Å². The summed E-state index contributed by atoms with van der Waals surface area (Å²) in [6.45, 7) is 2.31. The SMILES string of the molecule is CCn1ccnc(Oc2ccc(N(C)S(=O)(=O)c3ccccc3F)cc2)c1=O. The van der Waals surface area contributed by atoms with Crippen LogP contribution in [0.4, 0.5) is 10.1 Å². The van der Waals surface area contributed by atoms with Crippen LogP contribution in [-0.2, 0) is 16.6 Å². The number of benzene rings is 2. The van der Waals surface area contributed by atoms with E-state index in [-0.39, 0.29) is 11.4 Å². The number of aromatic nitrogens is 2. The van der Waals surface area contributed by atoms with Gasteiger partial charge in [-0.3, -0.25) is 9.10 Å². The molecule has 0 aliphatic rings. The molecule has 0 N–H and O–H groups in total. The minimum absolute atomic E-state index is 0.0792. The summed E-state index contributed by atoms with van der Waals surface area (Å²) in [7, 11) is -2.73. The molecule has 1 aromatic heterocycles. The maximum Gasteiger partial charge on any atom is 0.313 e. The Balaban J connectivity index is 1.85. The van der Waals surface area contributed by atoms with Gasteiger partial charge in [0, 0.05) is 26.0 Å². The number of hydrogen-bond acceptors (Lipinski definition) is 5. The second-order valence-electron chi connectivity index (χ2n) is 5.82. The van der Waals surface area contributed by atoms with Crippen LogP contribution in [0, 0.1) is 5.82 Å². The lowest BCUT2D eigenvalue weighted by molar-refractivity contribution is 0.445. The molecule has 0 bridgehead atoms. The first-order valence-corrected chi connectivity index (χ1v) is 9.85. The molecule has 0 atom stereocenters. The molecule has 9 heteroatoms. The molecule has 3 aromatic rings. The molecule has 0 saturated heterocycles. The van der Waals surface area contributed by atoms with Crippen LogP contribution in [0.2, 0.25) is 0 Å². The van der Waals surface area contributed by atoms with Gasteiger partial charge in [-0.2, -0.15) is 0 Å². The van der Waals surface area contributed by atoms with Crippen molar-refractivity contribution < 1.29 is 17.5 Å². The van der Waals surface area contributed by atoms with Gasteiger partial charge in [0.2, 0.25) is 0 Å². The summed E-state index contributed by atoms with van der Waals surface area (Å²) in [5.41, 5.74) is -0.0593. The minimum atomic E-state index is -4.06. The Hall–Kier alpha value is -3.20. The Morgan fingerprint density at radius 3 is 2.46 bits per heavy atom. The van der Waals surface area contributed by atoms with Crippen molar-refractivity contribution in [2.75, 3.05) is 11.4 Å². The lowest BCUT2D eigenvalue weighted by atomic mass is 10.3. The Kier molecular flexibility index (Phi) is 5.46. The summed E-state index contributed by atoms with van der Waals surface area (Å²) < 4.78 is 47.1. The van der Waals surface area contributed by atoms with Crippen molar-refractivity contribution in [2.45, 2.75) is 18.4 Å². The lowest BCUT2D eigenvalue weighted by Gasteiger charge is -2.20. The number of halogens is 1. The van der Waals surface area contributed by atoms with E-state index in [1.165, 1.54) is 60.3 Å². The molecule has 2 aromatic carbocycles. The maximum atomic E-state index is 13.9. The van der Waals surface area contributed by atoms with Gasteiger partial charge in [-0.15, -0.1) is 0 Å². The number of anilines is 1. The van der Waals surface area contributed by atoms with E-state index in [1.807, 2.05) is 6.92 Å². The fourth-order valence-corrected chi connectivity index (χ4v) is 3.78. The number of nitrogens with zero attached hydrogens (tertiary/aromatic N) is 3. The van der Waals surface area contributed by atoms with Crippen LogP contribution in [-0.4, -0.2) is 25.0 Å². The molecular formula is C19H18FN3O4S. The van der Waals surface area contributed by atoms with E-state index in [1.54, 1.807) is 6.20 Å². The van der Waals surface area contributed by atoms with Crippen molar-refractivity contribution in [3.63, 3.8) is 0 Å². The summed E-state index contributed by atoms with van der Waals surface area (Å²) >= 11 is 0. The third-order valence-electron chi connectivity index (χ3n) is 4.11. The van der Waals surface area contributed by atoms with Gasteiger partial charge in [0.15, 0.2) is 0 Å². The first-order valence-electron chi connectivity index (χ1n) is 8.41. The molecule has 0 aliphatic carbocycles. The van der Waals surface area contributed by atoms with Crippen LogP contribution in [0.1, 0.15) is 6.92 Å². The zero-order valence-corrected chi connectivity index (χ0v) is 16.1. The Morgan fingerprint density at radius 1 is 1.14 bits per heavy atom. The average Bonchev–Trinajstić information content (AvgIpc) is 2.70. The van der Waals surface area contributed by atoms with Gasteiger partial charge in [0.05, 0.1) is 5.69 Å². The molecule has 0 aliphatic heterocycles. The Morgan fingerprint density at radius 2 is 1.82 bits per heavy atom. The summed E-state index contributed by atoms with van der Waals surface area (Å²) in [5, 5.41) is 0. The number of rotatable bonds is 6. The minimum Gasteiger partial charge on any atom is -0.435 e. The van der Waals surface area contributed by atoms with Gasteiger partial charge < -0.3 is 9.30 Å². The molecular weight excluding hydrogens is 385 g/mol. The molecule has 0 amide bonds. The zero-order valence-electron chi connectivity index (χ0n) is 15.2. The van der Waals surface area contributed by atoms with Gasteiger partial charge in [0.25, 0.3) is 15.9 Å². The van der Waals surface area contributed by atoms with Crippen molar-refractivity contribution in [1.82, 2.24) is 9.55 Å². The highest BCUT2D eigenvalue weighted by Gasteiger charge is 2.24. The van der Waals surface area contributed by atoms with E-state index >= 15 is 0 Å². The van der Waals surface area contributed by atoms with Crippen LogP contribution in [0.3, 0.4) is 0 Å². The highest BCUT2D eigenvalue weighted by atomic mass is 32.2. The number of hydrogen-bond donors (Lipinski definition) is 0. The van der Waals surface area contributed by atoms with Crippen molar-refractivity contribution in [2.24, 2.45) is 0 Å². The third kappa shape index (κ3) is 3.74. The maximum absolute atomic E-state index is 13.9. The molecule has 146 valence electrons. The first kappa shape index (κ1) is 19.6. The quantitative estimate of drug-likeness (QED) is 0.632. The summed E-state index contributed by atoms with van der Waals surface area (Å²) in [4.78, 5) is 15.7. The topological polar surface area (TPSA) is 81.5 Å². The van der Waals surface area contributed by atoms with Crippen molar-refractivity contribution in [1.29, 1.82) is 0 Å². The molecule has 0 spiro atoms. The fraction of sp³-hybridized carbons (Fsp3) is 0.158. The van der Waals surface area contributed by atoms with Gasteiger partial charge >= 0.3 is 5.56 Å². The van der Waals surface area contributed by atoms with Crippen molar-refractivity contribution >= 4 is 15.7 Å². The molecule has 0 radical (unpaired) electrons. The predicted octanol–water partition coefficient (Wildman–Crippen LogP) is 3.02. The predicted molar refractivity (Wildman–Crippen MR) is 103 cm³/mol. The summed E-state index contributed by atoms with van der Waals surface area (Å²) in [5.74, 6) is -0.583. The van der Waals surface area contributed by atoms with Gasteiger partial charge in [-0.05, 0) is 43.3 Å². The Bertz CT molecular complexity index is 1140. The Labute approximate surface area is 161 Å². The third-order valence-corrected chi connectivity index (χ3v) is 5.93. The number of sulfonamides is 1. The van der Waals surface area contributed by atoms with Gasteiger partial charge in [-0.25, -0.2) is 17.8 Å². The average molecular weight is 403 g/mol. The molecule has 0 saturated carbocycles. The zero-order chi connectivity index (χ0) is 20.3. The lowest BCUT2D eigenvalue weighted by Crippen LogP contribution is -2.27. The van der Waals surface area contributed by atoms with E-state index in [0.717, 1.165) is 10.4 Å². The van der Waals surface area contributed by atoms with Gasteiger partial charge in [0.1, 0.15) is 16.5 Å². The van der Waals surface area contributed by atoms with E-state index in [2.05, 4.69) is 4.98 Å². The second-order valence-corrected chi connectivity index (χ2v) is 7.76. The number of aryl methyl sites for hydroxylation is 1. The number of ether oxygens (including phenoxy) is 1. The summed E-state index contributed by atoms with van der Waals surface area (Å²) in [6.07, 6.45) is 3.02. The standard InChI is InChI=1S/C19H18FN3O4S/c1-3-23-13-12-21-18(19(23)24)27-15-10-8-14(9-11-15)22(2)28(25,26)17-7-5-4-6-16(17)20/h4-13H,3H2,1-2H3. The van der Waals surface area contributed by atoms with E-state index < -0.39 is 20.7 Å². The second kappa shape index (κ2) is 7.81. The highest BCUT2D eigenvalue weighted by Crippen LogP contribution is 2.26. The van der Waals surface area contributed by atoms with E-state index in [9.17, 15) is 17.6 Å². The fourth-order valence-electron chi connectivity index (χ4n) is 2.52. The monoisotopic (exact) mass is 403 g/mol. The molecule has 3 rings (SSSR count). The molecule has 0 unspecified atom stereocenters. The molecule has 28 heavy (non-hydrogen) atoms. The van der Waals surface area contributed by atoms with Crippen LogP contribution < -0.4 is 14.6 Å². The normalized spacial score (nSPS) is 11.2.